The first-order valence-electron chi connectivity index (χ1n) is 11.6. The van der Waals surface area contributed by atoms with Gasteiger partial charge in [-0.2, -0.15) is 0 Å². The molecule has 0 aliphatic carbocycles. The second kappa shape index (κ2) is 11.6. The molecule has 1 atom stereocenters. The molecule has 39 heavy (non-hydrogen) atoms. The van der Waals surface area contributed by atoms with E-state index in [2.05, 4.69) is 10.6 Å². The second-order valence-electron chi connectivity index (χ2n) is 8.19. The number of hydrogen-bond acceptors (Lipinski definition) is 8. The molecule has 2 N–H and O–H groups in total. The van der Waals surface area contributed by atoms with Crippen molar-refractivity contribution in [2.75, 3.05) is 24.6 Å². The van der Waals surface area contributed by atoms with Crippen molar-refractivity contribution in [2.24, 2.45) is 0 Å². The maximum Gasteiger partial charge on any atom is 0.338 e. The van der Waals surface area contributed by atoms with E-state index in [-0.39, 0.29) is 39.1 Å². The number of nitrogens with zero attached hydrogens (tertiary/aromatic N) is 1. The summed E-state index contributed by atoms with van der Waals surface area (Å²) >= 11 is 6.20. The highest BCUT2D eigenvalue weighted by Gasteiger charge is 2.36. The molecule has 2 aromatic carbocycles. The third-order valence-electron chi connectivity index (χ3n) is 5.75. The molecule has 11 nitrogen and oxygen atoms in total. The van der Waals surface area contributed by atoms with Crippen molar-refractivity contribution in [3.63, 3.8) is 0 Å². The Hall–Kier alpha value is -4.29. The van der Waals surface area contributed by atoms with Crippen molar-refractivity contribution >= 4 is 45.3 Å². The molecule has 0 radical (unpaired) electrons. The van der Waals surface area contributed by atoms with Crippen LogP contribution in [0.1, 0.15) is 29.1 Å². The average molecular weight is 574 g/mol. The molecule has 1 aliphatic rings. The fraction of sp³-hybridized carbons (Fsp3) is 0.192. The van der Waals surface area contributed by atoms with Crippen LogP contribution >= 0.6 is 11.6 Å². The van der Waals surface area contributed by atoms with E-state index in [0.717, 1.165) is 10.4 Å². The first-order valence-corrected chi connectivity index (χ1v) is 13.5. The van der Waals surface area contributed by atoms with Gasteiger partial charge < -0.3 is 24.5 Å². The van der Waals surface area contributed by atoms with Crippen LogP contribution in [0.3, 0.4) is 0 Å². The normalized spacial score (nSPS) is 15.3. The molecule has 4 rings (SSSR count). The first kappa shape index (κ1) is 27.7. The highest BCUT2D eigenvalue weighted by atomic mass is 35.5. The topological polar surface area (TPSA) is 144 Å². The summed E-state index contributed by atoms with van der Waals surface area (Å²) < 4.78 is 43.4. The molecule has 2 heterocycles. The van der Waals surface area contributed by atoms with E-state index in [1.54, 1.807) is 49.4 Å². The molecule has 0 fully saturated rings. The summed E-state index contributed by atoms with van der Waals surface area (Å²) in [5.41, 5.74) is 0.258. The van der Waals surface area contributed by atoms with E-state index in [0.29, 0.717) is 5.69 Å². The van der Waals surface area contributed by atoms with E-state index in [1.165, 1.54) is 25.4 Å². The monoisotopic (exact) mass is 573 g/mol. The van der Waals surface area contributed by atoms with E-state index in [1.807, 2.05) is 0 Å². The zero-order valence-corrected chi connectivity index (χ0v) is 22.4. The number of rotatable bonds is 9. The number of halogens is 1. The molecular formula is C26H24ClN3O8S. The van der Waals surface area contributed by atoms with Gasteiger partial charge >= 0.3 is 18.0 Å². The van der Waals surface area contributed by atoms with Crippen LogP contribution < -0.4 is 14.9 Å². The van der Waals surface area contributed by atoms with Crippen LogP contribution in [0.4, 0.5) is 10.5 Å². The fourth-order valence-corrected chi connectivity index (χ4v) is 5.52. The van der Waals surface area contributed by atoms with Crippen LogP contribution in [0.2, 0.25) is 5.02 Å². The standard InChI is InChI=1S/C26H24ClN3O8S/c1-3-36-25(32)22-19(28-26(33)29-23(22)20-10-7-13-37-20)15-38-24(31)16-11-12-18(27)21(14-16)39(34,35)30(2)17-8-5-4-6-9-17/h4-14,23H,3,15H2,1-2H3,(H2,28,29,33)/t23-/m1/s1. The molecule has 13 heteroatoms. The Kier molecular flexibility index (Phi) is 8.27. The van der Waals surface area contributed by atoms with E-state index < -0.39 is 40.6 Å². The number of nitrogens with one attached hydrogen (secondary N) is 2. The minimum absolute atomic E-state index is 0.0111. The molecular weight excluding hydrogens is 550 g/mol. The summed E-state index contributed by atoms with van der Waals surface area (Å²) in [6.07, 6.45) is 1.38. The van der Waals surface area contributed by atoms with E-state index >= 15 is 0 Å². The number of amides is 2. The Labute approximate surface area is 229 Å². The summed E-state index contributed by atoms with van der Waals surface area (Å²) in [5.74, 6) is -1.39. The van der Waals surface area contributed by atoms with Crippen LogP contribution in [0.25, 0.3) is 0 Å². The van der Waals surface area contributed by atoms with Gasteiger partial charge in [0.15, 0.2) is 0 Å². The largest absolute Gasteiger partial charge is 0.467 e. The number of ether oxygens (including phenoxy) is 2. The third kappa shape index (κ3) is 5.91. The molecule has 3 aromatic rings. The molecule has 0 bridgehead atoms. The van der Waals surface area contributed by atoms with Gasteiger partial charge in [-0.25, -0.2) is 22.8 Å². The third-order valence-corrected chi connectivity index (χ3v) is 8.02. The molecule has 0 saturated carbocycles. The average Bonchev–Trinajstić information content (AvgIpc) is 3.46. The highest BCUT2D eigenvalue weighted by molar-refractivity contribution is 7.93. The van der Waals surface area contributed by atoms with Crippen molar-refractivity contribution in [3.05, 3.63) is 94.5 Å². The van der Waals surface area contributed by atoms with Gasteiger partial charge in [0, 0.05) is 7.05 Å². The van der Waals surface area contributed by atoms with Crippen LogP contribution in [0, 0.1) is 0 Å². The Morgan fingerprint density at radius 2 is 1.79 bits per heavy atom. The van der Waals surface area contributed by atoms with Crippen molar-refractivity contribution in [1.29, 1.82) is 0 Å². The lowest BCUT2D eigenvalue weighted by atomic mass is 10.0. The number of hydrogen-bond donors (Lipinski definition) is 2. The smallest absolute Gasteiger partial charge is 0.338 e. The SMILES string of the molecule is CCOC(=O)C1=C(COC(=O)c2ccc(Cl)c(S(=O)(=O)N(C)c3ccccc3)c2)NC(=O)N[C@@H]1c1ccco1. The number of carbonyl (C=O) groups excluding carboxylic acids is 3. The highest BCUT2D eigenvalue weighted by Crippen LogP contribution is 2.30. The summed E-state index contributed by atoms with van der Waals surface area (Å²) in [4.78, 5) is 37.7. The minimum Gasteiger partial charge on any atom is -0.467 e. The Balaban J connectivity index is 1.61. The lowest BCUT2D eigenvalue weighted by Crippen LogP contribution is -2.47. The molecule has 1 aliphatic heterocycles. The molecule has 1 aromatic heterocycles. The number of sulfonamides is 1. The van der Waals surface area contributed by atoms with Gasteiger partial charge in [-0.3, -0.25) is 4.31 Å². The quantitative estimate of drug-likeness (QED) is 0.368. The molecule has 0 saturated heterocycles. The summed E-state index contributed by atoms with van der Waals surface area (Å²) in [6, 6.07) is 13.5. The van der Waals surface area contributed by atoms with E-state index in [4.69, 9.17) is 25.5 Å². The van der Waals surface area contributed by atoms with Crippen LogP contribution in [-0.4, -0.2) is 46.6 Å². The van der Waals surface area contributed by atoms with Gasteiger partial charge in [0.2, 0.25) is 0 Å². The van der Waals surface area contributed by atoms with Gasteiger partial charge in [-0.05, 0) is 49.4 Å². The van der Waals surface area contributed by atoms with Gasteiger partial charge in [0.25, 0.3) is 10.0 Å². The Bertz CT molecular complexity index is 1520. The lowest BCUT2D eigenvalue weighted by molar-refractivity contribution is -0.139. The fourth-order valence-electron chi connectivity index (χ4n) is 3.82. The van der Waals surface area contributed by atoms with Gasteiger partial charge in [-0.15, -0.1) is 0 Å². The Morgan fingerprint density at radius 3 is 2.46 bits per heavy atom. The van der Waals surface area contributed by atoms with E-state index in [9.17, 15) is 22.8 Å². The molecule has 2 amide bonds. The number of anilines is 1. The first-order chi connectivity index (χ1) is 18.6. The molecule has 0 unspecified atom stereocenters. The van der Waals surface area contributed by atoms with Crippen LogP contribution in [0.15, 0.2) is 87.5 Å². The van der Waals surface area contributed by atoms with Crippen LogP contribution in [0.5, 0.6) is 0 Å². The predicted octanol–water partition coefficient (Wildman–Crippen LogP) is 3.79. The molecule has 204 valence electrons. The van der Waals surface area contributed by atoms with Crippen LogP contribution in [-0.2, 0) is 24.3 Å². The maximum atomic E-state index is 13.3. The Morgan fingerprint density at radius 1 is 1.05 bits per heavy atom. The summed E-state index contributed by atoms with van der Waals surface area (Å²) in [7, 11) is -2.77. The van der Waals surface area contributed by atoms with Crippen molar-refractivity contribution in [3.8, 4) is 0 Å². The van der Waals surface area contributed by atoms with Crippen molar-refractivity contribution in [1.82, 2.24) is 10.6 Å². The number of esters is 2. The summed E-state index contributed by atoms with van der Waals surface area (Å²) in [5, 5.41) is 4.96. The van der Waals surface area contributed by atoms with Gasteiger partial charge in [-0.1, -0.05) is 29.8 Å². The number of urea groups is 1. The number of para-hydroxylation sites is 1. The number of carbonyl (C=O) groups is 3. The minimum atomic E-state index is -4.13. The van der Waals surface area contributed by atoms with Crippen molar-refractivity contribution < 1.29 is 36.7 Å². The zero-order chi connectivity index (χ0) is 28.2. The lowest BCUT2D eigenvalue weighted by Gasteiger charge is -2.27. The summed E-state index contributed by atoms with van der Waals surface area (Å²) in [6.45, 7) is 1.16. The number of furan rings is 1. The zero-order valence-electron chi connectivity index (χ0n) is 20.8. The van der Waals surface area contributed by atoms with Gasteiger partial charge in [0.05, 0.1) is 40.4 Å². The number of benzene rings is 2. The second-order valence-corrected chi connectivity index (χ2v) is 10.5. The molecule has 0 spiro atoms. The van der Waals surface area contributed by atoms with Crippen molar-refractivity contribution in [2.45, 2.75) is 17.9 Å². The maximum absolute atomic E-state index is 13.3. The van der Waals surface area contributed by atoms with Gasteiger partial charge in [0.1, 0.15) is 23.3 Å². The predicted molar refractivity (Wildman–Crippen MR) is 141 cm³/mol.